The molecule has 0 unspecified atom stereocenters. The number of aliphatic hydroxyl groups excluding tert-OH is 1. The van der Waals surface area contributed by atoms with Crippen LogP contribution < -0.4 is 0 Å². The Bertz CT molecular complexity index is 667. The number of likely N-dealkylation sites (tertiary alicyclic amines) is 1. The highest BCUT2D eigenvalue weighted by Crippen LogP contribution is 2.25. The lowest BCUT2D eigenvalue weighted by Crippen LogP contribution is -2.39. The third kappa shape index (κ3) is 4.12. The zero-order chi connectivity index (χ0) is 18.6. The number of aromatic nitrogens is 1. The van der Waals surface area contributed by atoms with E-state index in [1.165, 1.54) is 6.08 Å². The number of piperidine rings is 1. The van der Waals surface area contributed by atoms with E-state index in [2.05, 4.69) is 0 Å². The van der Waals surface area contributed by atoms with Gasteiger partial charge < -0.3 is 19.3 Å². The third-order valence-corrected chi connectivity index (χ3v) is 4.80. The summed E-state index contributed by atoms with van der Waals surface area (Å²) in [4.78, 5) is 26.5. The lowest BCUT2D eigenvalue weighted by atomic mass is 10.1. The van der Waals surface area contributed by atoms with Crippen LogP contribution in [0, 0.1) is 13.8 Å². The number of esters is 1. The maximum Gasteiger partial charge on any atom is 0.340 e. The molecule has 1 N–H and O–H groups in total. The van der Waals surface area contributed by atoms with Crippen molar-refractivity contribution in [1.29, 1.82) is 0 Å². The SMILES string of the molecule is CCOC(=O)c1c(/C=C/C(=O)N2CCC(O)CC2)c(C)n(CC)c1C. The van der Waals surface area contributed by atoms with Crippen molar-refractivity contribution in [2.24, 2.45) is 0 Å². The molecule has 1 aliphatic rings. The van der Waals surface area contributed by atoms with Crippen LogP contribution in [0.15, 0.2) is 6.08 Å². The largest absolute Gasteiger partial charge is 0.462 e. The lowest BCUT2D eigenvalue weighted by Gasteiger charge is -2.28. The summed E-state index contributed by atoms with van der Waals surface area (Å²) in [5.74, 6) is -0.452. The standard InChI is InChI=1S/C19H28N2O4/c1-5-21-13(3)16(18(14(21)4)19(24)25-6-2)7-8-17(23)20-11-9-15(22)10-12-20/h7-8,15,22H,5-6,9-12H2,1-4H3/b8-7+. The highest BCUT2D eigenvalue weighted by Gasteiger charge is 2.23. The minimum Gasteiger partial charge on any atom is -0.462 e. The summed E-state index contributed by atoms with van der Waals surface area (Å²) in [6.45, 7) is 9.82. The number of nitrogens with zero attached hydrogens (tertiary/aromatic N) is 2. The molecule has 2 rings (SSSR count). The Labute approximate surface area is 149 Å². The van der Waals surface area contributed by atoms with Crippen molar-refractivity contribution in [3.63, 3.8) is 0 Å². The van der Waals surface area contributed by atoms with Gasteiger partial charge in [-0.2, -0.15) is 0 Å². The van der Waals surface area contributed by atoms with Crippen molar-refractivity contribution in [2.75, 3.05) is 19.7 Å². The predicted octanol–water partition coefficient (Wildman–Crippen LogP) is 2.30. The first-order valence-electron chi connectivity index (χ1n) is 8.92. The Hall–Kier alpha value is -2.08. The molecule has 0 aliphatic carbocycles. The molecule has 1 amide bonds. The van der Waals surface area contributed by atoms with E-state index >= 15 is 0 Å². The molecular formula is C19H28N2O4. The van der Waals surface area contributed by atoms with Crippen LogP contribution in [-0.2, 0) is 16.1 Å². The van der Waals surface area contributed by atoms with E-state index in [0.717, 1.165) is 23.5 Å². The molecule has 1 fully saturated rings. The number of amides is 1. The van der Waals surface area contributed by atoms with Gasteiger partial charge in [0, 0.05) is 42.7 Å². The van der Waals surface area contributed by atoms with E-state index in [4.69, 9.17) is 4.74 Å². The summed E-state index contributed by atoms with van der Waals surface area (Å²) in [5, 5.41) is 9.55. The Balaban J connectivity index is 2.28. The minimum absolute atomic E-state index is 0.0944. The van der Waals surface area contributed by atoms with Crippen molar-refractivity contribution in [1.82, 2.24) is 9.47 Å². The first-order valence-corrected chi connectivity index (χ1v) is 8.92. The van der Waals surface area contributed by atoms with Gasteiger partial charge in [0.15, 0.2) is 0 Å². The van der Waals surface area contributed by atoms with E-state index in [1.54, 1.807) is 17.9 Å². The fraction of sp³-hybridized carbons (Fsp3) is 0.579. The molecule has 0 bridgehead atoms. The predicted molar refractivity (Wildman–Crippen MR) is 96.4 cm³/mol. The Morgan fingerprint density at radius 2 is 1.84 bits per heavy atom. The molecular weight excluding hydrogens is 320 g/mol. The van der Waals surface area contributed by atoms with Crippen LogP contribution in [0.1, 0.15) is 54.0 Å². The highest BCUT2D eigenvalue weighted by atomic mass is 16.5. The van der Waals surface area contributed by atoms with E-state index in [9.17, 15) is 14.7 Å². The average molecular weight is 348 g/mol. The Morgan fingerprint density at radius 1 is 1.20 bits per heavy atom. The molecule has 1 aromatic rings. The summed E-state index contributed by atoms with van der Waals surface area (Å²) in [6, 6.07) is 0. The summed E-state index contributed by atoms with van der Waals surface area (Å²) in [7, 11) is 0. The van der Waals surface area contributed by atoms with Crippen molar-refractivity contribution >= 4 is 18.0 Å². The van der Waals surface area contributed by atoms with Gasteiger partial charge in [-0.15, -0.1) is 0 Å². The fourth-order valence-electron chi connectivity index (χ4n) is 3.39. The van der Waals surface area contributed by atoms with Gasteiger partial charge in [0.1, 0.15) is 0 Å². The zero-order valence-corrected chi connectivity index (χ0v) is 15.5. The van der Waals surface area contributed by atoms with Crippen LogP contribution in [0.4, 0.5) is 0 Å². The van der Waals surface area contributed by atoms with Gasteiger partial charge in [-0.1, -0.05) is 0 Å². The topological polar surface area (TPSA) is 71.8 Å². The van der Waals surface area contributed by atoms with Crippen LogP contribution in [-0.4, -0.2) is 52.3 Å². The molecule has 1 aromatic heterocycles. The van der Waals surface area contributed by atoms with Crippen LogP contribution in [0.2, 0.25) is 0 Å². The van der Waals surface area contributed by atoms with Crippen molar-refractivity contribution in [3.8, 4) is 0 Å². The molecule has 1 aliphatic heterocycles. The zero-order valence-electron chi connectivity index (χ0n) is 15.5. The smallest absolute Gasteiger partial charge is 0.340 e. The number of hydrogen-bond acceptors (Lipinski definition) is 4. The first kappa shape index (κ1) is 19.2. The average Bonchev–Trinajstić information content (AvgIpc) is 2.83. The Kier molecular flexibility index (Phi) is 6.42. The monoisotopic (exact) mass is 348 g/mol. The minimum atomic E-state index is -0.358. The van der Waals surface area contributed by atoms with Crippen molar-refractivity contribution in [3.05, 3.63) is 28.6 Å². The molecule has 1 saturated heterocycles. The van der Waals surface area contributed by atoms with Crippen LogP contribution in [0.5, 0.6) is 0 Å². The van der Waals surface area contributed by atoms with Gasteiger partial charge in [0.25, 0.3) is 0 Å². The molecule has 0 atom stereocenters. The molecule has 6 heteroatoms. The highest BCUT2D eigenvalue weighted by molar-refractivity contribution is 5.98. The fourth-order valence-corrected chi connectivity index (χ4v) is 3.39. The number of carbonyl (C=O) groups is 2. The first-order chi connectivity index (χ1) is 11.9. The molecule has 2 heterocycles. The number of aliphatic hydroxyl groups is 1. The van der Waals surface area contributed by atoms with E-state index in [0.29, 0.717) is 38.1 Å². The normalized spacial score (nSPS) is 15.8. The number of carbonyl (C=O) groups excluding carboxylic acids is 2. The Morgan fingerprint density at radius 3 is 2.40 bits per heavy atom. The van der Waals surface area contributed by atoms with Crippen LogP contribution in [0.25, 0.3) is 6.08 Å². The van der Waals surface area contributed by atoms with Crippen LogP contribution in [0.3, 0.4) is 0 Å². The van der Waals surface area contributed by atoms with Gasteiger partial charge in [-0.3, -0.25) is 4.79 Å². The molecule has 6 nitrogen and oxygen atoms in total. The lowest BCUT2D eigenvalue weighted by molar-refractivity contribution is -0.127. The van der Waals surface area contributed by atoms with Crippen molar-refractivity contribution < 1.29 is 19.4 Å². The van der Waals surface area contributed by atoms with Gasteiger partial charge in [0.05, 0.1) is 18.3 Å². The molecule has 0 aromatic carbocycles. The van der Waals surface area contributed by atoms with Gasteiger partial charge in [0.2, 0.25) is 5.91 Å². The number of rotatable bonds is 5. The molecule has 0 spiro atoms. The van der Waals surface area contributed by atoms with Crippen LogP contribution >= 0.6 is 0 Å². The molecule has 0 saturated carbocycles. The quantitative estimate of drug-likeness (QED) is 0.655. The van der Waals surface area contributed by atoms with Gasteiger partial charge >= 0.3 is 5.97 Å². The van der Waals surface area contributed by atoms with Gasteiger partial charge in [-0.25, -0.2) is 4.79 Å². The molecule has 138 valence electrons. The summed E-state index contributed by atoms with van der Waals surface area (Å²) in [6.07, 6.45) is 4.14. The summed E-state index contributed by atoms with van der Waals surface area (Å²) < 4.78 is 7.24. The molecule has 0 radical (unpaired) electrons. The second-order valence-electron chi connectivity index (χ2n) is 6.31. The summed E-state index contributed by atoms with van der Waals surface area (Å²) >= 11 is 0. The third-order valence-electron chi connectivity index (χ3n) is 4.80. The van der Waals surface area contributed by atoms with E-state index in [-0.39, 0.29) is 18.0 Å². The maximum atomic E-state index is 12.4. The number of hydrogen-bond donors (Lipinski definition) is 1. The van der Waals surface area contributed by atoms with E-state index in [1.807, 2.05) is 25.3 Å². The van der Waals surface area contributed by atoms with Crippen molar-refractivity contribution in [2.45, 2.75) is 53.2 Å². The second-order valence-corrected chi connectivity index (χ2v) is 6.31. The van der Waals surface area contributed by atoms with Gasteiger partial charge in [-0.05, 0) is 46.6 Å². The molecule has 25 heavy (non-hydrogen) atoms. The summed E-state index contributed by atoms with van der Waals surface area (Å²) in [5.41, 5.74) is 3.07. The van der Waals surface area contributed by atoms with E-state index < -0.39 is 0 Å². The number of ether oxygens (including phenoxy) is 1. The second kappa shape index (κ2) is 8.34. The maximum absolute atomic E-state index is 12.4.